The van der Waals surface area contributed by atoms with Crippen LogP contribution in [0, 0.1) is 0 Å². The molecule has 0 atom stereocenters. The average molecular weight is 462 g/mol. The van der Waals surface area contributed by atoms with Gasteiger partial charge in [-0.15, -0.1) is 24.2 Å². The van der Waals surface area contributed by atoms with Crippen LogP contribution in [0.1, 0.15) is 36.5 Å². The van der Waals surface area contributed by atoms with Crippen molar-refractivity contribution in [2.24, 2.45) is 0 Å². The van der Waals surface area contributed by atoms with E-state index in [1.165, 1.54) is 39.3 Å². The summed E-state index contributed by atoms with van der Waals surface area (Å²) in [5.74, 6) is 0.930. The Kier molecular flexibility index (Phi) is 8.70. The Bertz CT molecular complexity index is 954. The second-order valence-corrected chi connectivity index (χ2v) is 8.94. The summed E-state index contributed by atoms with van der Waals surface area (Å²) in [5, 5.41) is 8.85. The smallest absolute Gasteiger partial charge is 0.0682 e. The van der Waals surface area contributed by atoms with Crippen molar-refractivity contribution in [3.63, 3.8) is 0 Å². The molecule has 0 amide bonds. The van der Waals surface area contributed by atoms with Gasteiger partial charge < -0.3 is 5.32 Å². The van der Waals surface area contributed by atoms with Crippen molar-refractivity contribution in [3.05, 3.63) is 70.4 Å². The number of unbranched alkanes of at least 4 members (excludes halogenated alkanes) is 1. The number of aromatic nitrogens is 2. The molecule has 1 aromatic heterocycles. The number of fused-ring (bicyclic) bond motifs is 1. The maximum Gasteiger partial charge on any atom is 0.0682 e. The molecule has 2 aromatic carbocycles. The molecule has 160 valence electrons. The monoisotopic (exact) mass is 461 g/mol. The first-order chi connectivity index (χ1) is 14.3. The third kappa shape index (κ3) is 5.42. The Hall–Kier alpha value is -1.46. The Morgan fingerprint density at radius 2 is 1.87 bits per heavy atom. The molecule has 3 nitrogen and oxygen atoms in total. The minimum atomic E-state index is 0. The fourth-order valence-electron chi connectivity index (χ4n) is 3.86. The number of rotatable bonds is 7. The molecule has 0 radical (unpaired) electrons. The van der Waals surface area contributed by atoms with Gasteiger partial charge in [0.15, 0.2) is 0 Å². The first-order valence-electron chi connectivity index (χ1n) is 10.5. The van der Waals surface area contributed by atoms with Gasteiger partial charge >= 0.3 is 0 Å². The van der Waals surface area contributed by atoms with Gasteiger partial charge in [0.05, 0.1) is 10.7 Å². The molecule has 30 heavy (non-hydrogen) atoms. The normalized spacial score (nSPS) is 13.4. The van der Waals surface area contributed by atoms with Crippen LogP contribution in [0.15, 0.2) is 53.6 Å². The predicted molar refractivity (Wildman–Crippen MR) is 131 cm³/mol. The lowest BCUT2D eigenvalue weighted by Crippen LogP contribution is -2.16. The number of hydrogen-bond acceptors (Lipinski definition) is 3. The van der Waals surface area contributed by atoms with E-state index < -0.39 is 0 Å². The minimum Gasteiger partial charge on any atom is -0.316 e. The van der Waals surface area contributed by atoms with Crippen molar-refractivity contribution < 1.29 is 0 Å². The molecule has 0 bridgehead atoms. The van der Waals surface area contributed by atoms with Crippen LogP contribution in [0.2, 0.25) is 5.02 Å². The molecule has 0 spiro atoms. The lowest BCUT2D eigenvalue weighted by molar-refractivity contribution is 0.577. The van der Waals surface area contributed by atoms with Crippen molar-refractivity contribution in [1.82, 2.24) is 15.1 Å². The van der Waals surface area contributed by atoms with Gasteiger partial charge in [-0.1, -0.05) is 55.3 Å². The zero-order chi connectivity index (χ0) is 20.1. The van der Waals surface area contributed by atoms with Gasteiger partial charge in [-0.25, -0.2) is 0 Å². The summed E-state index contributed by atoms with van der Waals surface area (Å²) < 4.78 is 2.11. The summed E-state index contributed by atoms with van der Waals surface area (Å²) in [6.07, 6.45) is 6.37. The predicted octanol–water partition coefficient (Wildman–Crippen LogP) is 6.41. The molecule has 0 saturated heterocycles. The quantitative estimate of drug-likeness (QED) is 0.412. The standard InChI is InChI=1S/C24H28ClN3S.ClH/c1-2-3-16-28-23(12-15-27-28)20-6-4-18(5-7-20)17-29-24-21-11-14-26-13-10-19(21)8-9-22(24)25;/h4-9,12,15,26H,2-3,10-11,13-14,16-17H2,1H3;1H. The molecule has 1 aliphatic rings. The van der Waals surface area contributed by atoms with E-state index in [9.17, 15) is 0 Å². The van der Waals surface area contributed by atoms with E-state index in [4.69, 9.17) is 11.6 Å². The molecule has 0 saturated carbocycles. The summed E-state index contributed by atoms with van der Waals surface area (Å²) in [4.78, 5) is 1.26. The van der Waals surface area contributed by atoms with Crippen LogP contribution in [0.25, 0.3) is 11.3 Å². The Labute approximate surface area is 195 Å². The van der Waals surface area contributed by atoms with Crippen LogP contribution in [0.4, 0.5) is 0 Å². The van der Waals surface area contributed by atoms with Gasteiger partial charge in [0.1, 0.15) is 0 Å². The molecule has 0 fully saturated rings. The van der Waals surface area contributed by atoms with Crippen molar-refractivity contribution in [2.75, 3.05) is 13.1 Å². The number of nitrogens with one attached hydrogen (secondary N) is 1. The van der Waals surface area contributed by atoms with Crippen LogP contribution in [0.5, 0.6) is 0 Å². The zero-order valence-electron chi connectivity index (χ0n) is 17.4. The third-order valence-corrected chi connectivity index (χ3v) is 7.16. The second kappa shape index (κ2) is 11.2. The lowest BCUT2D eigenvalue weighted by Gasteiger charge is -2.14. The van der Waals surface area contributed by atoms with Crippen LogP contribution >= 0.6 is 35.8 Å². The van der Waals surface area contributed by atoms with E-state index in [1.54, 1.807) is 0 Å². The molecule has 3 aromatic rings. The first-order valence-corrected chi connectivity index (χ1v) is 11.9. The van der Waals surface area contributed by atoms with Gasteiger partial charge in [-0.3, -0.25) is 4.68 Å². The van der Waals surface area contributed by atoms with E-state index >= 15 is 0 Å². The van der Waals surface area contributed by atoms with Gasteiger partial charge in [0.25, 0.3) is 0 Å². The molecule has 1 aliphatic heterocycles. The maximum atomic E-state index is 6.58. The fourth-order valence-corrected chi connectivity index (χ4v) is 5.31. The largest absolute Gasteiger partial charge is 0.316 e. The Morgan fingerprint density at radius 3 is 2.67 bits per heavy atom. The molecular formula is C24H29Cl2N3S. The van der Waals surface area contributed by atoms with Crippen molar-refractivity contribution in [2.45, 2.75) is 49.8 Å². The molecule has 2 heterocycles. The summed E-state index contributed by atoms with van der Waals surface area (Å²) in [5.41, 5.74) is 6.62. The molecule has 0 unspecified atom stereocenters. The topological polar surface area (TPSA) is 29.9 Å². The molecule has 6 heteroatoms. The van der Waals surface area contributed by atoms with E-state index in [1.807, 2.05) is 18.0 Å². The van der Waals surface area contributed by atoms with Crippen LogP contribution in [0.3, 0.4) is 0 Å². The number of thioether (sulfide) groups is 1. The van der Waals surface area contributed by atoms with Gasteiger partial charge in [0.2, 0.25) is 0 Å². The van der Waals surface area contributed by atoms with Crippen molar-refractivity contribution >= 4 is 35.8 Å². The van der Waals surface area contributed by atoms with E-state index in [0.29, 0.717) is 0 Å². The fraction of sp³-hybridized carbons (Fsp3) is 0.375. The van der Waals surface area contributed by atoms with Crippen molar-refractivity contribution in [3.8, 4) is 11.3 Å². The van der Waals surface area contributed by atoms with Gasteiger partial charge in [0, 0.05) is 23.4 Å². The zero-order valence-corrected chi connectivity index (χ0v) is 19.8. The summed E-state index contributed by atoms with van der Waals surface area (Å²) >= 11 is 8.45. The summed E-state index contributed by atoms with van der Waals surface area (Å²) in [7, 11) is 0. The molecule has 1 N–H and O–H groups in total. The Morgan fingerprint density at radius 1 is 1.07 bits per heavy atom. The number of nitrogens with zero attached hydrogens (tertiary/aromatic N) is 2. The average Bonchev–Trinajstić information content (AvgIpc) is 3.08. The number of hydrogen-bond donors (Lipinski definition) is 1. The van der Waals surface area contributed by atoms with Gasteiger partial charge in [-0.05, 0) is 66.7 Å². The highest BCUT2D eigenvalue weighted by molar-refractivity contribution is 7.98. The van der Waals surface area contributed by atoms with E-state index in [0.717, 1.165) is 49.7 Å². The summed E-state index contributed by atoms with van der Waals surface area (Å²) in [6, 6.07) is 15.3. The van der Waals surface area contributed by atoms with E-state index in [2.05, 4.69) is 64.5 Å². The highest BCUT2D eigenvalue weighted by Crippen LogP contribution is 2.36. The van der Waals surface area contributed by atoms with Gasteiger partial charge in [-0.2, -0.15) is 5.10 Å². The highest BCUT2D eigenvalue weighted by Gasteiger charge is 2.15. The second-order valence-electron chi connectivity index (χ2n) is 7.54. The minimum absolute atomic E-state index is 0. The number of halogens is 2. The summed E-state index contributed by atoms with van der Waals surface area (Å²) in [6.45, 7) is 5.27. The van der Waals surface area contributed by atoms with E-state index in [-0.39, 0.29) is 12.4 Å². The number of aryl methyl sites for hydroxylation is 1. The Balaban J connectivity index is 0.00000256. The van der Waals surface area contributed by atoms with Crippen LogP contribution < -0.4 is 5.32 Å². The molecule has 4 rings (SSSR count). The van der Waals surface area contributed by atoms with Crippen LogP contribution in [-0.4, -0.2) is 22.9 Å². The maximum absolute atomic E-state index is 6.58. The highest BCUT2D eigenvalue weighted by atomic mass is 35.5. The third-order valence-electron chi connectivity index (χ3n) is 5.51. The van der Waals surface area contributed by atoms with Crippen molar-refractivity contribution in [1.29, 1.82) is 0 Å². The lowest BCUT2D eigenvalue weighted by atomic mass is 10.0. The SMILES string of the molecule is CCCCn1nccc1-c1ccc(CSc2c(Cl)ccc3c2CCNCC3)cc1.Cl. The number of benzene rings is 2. The van der Waals surface area contributed by atoms with Crippen LogP contribution in [-0.2, 0) is 25.1 Å². The molecule has 0 aliphatic carbocycles. The molecular weight excluding hydrogens is 433 g/mol. The first kappa shape index (κ1) is 23.2.